The molecule has 0 radical (unpaired) electrons. The number of hydrogen-bond acceptors (Lipinski definition) is 4. The molecule has 1 aliphatic rings. The van der Waals surface area contributed by atoms with Crippen LogP contribution in [0.3, 0.4) is 0 Å². The third kappa shape index (κ3) is 3.09. The maximum atomic E-state index is 12.6. The van der Waals surface area contributed by atoms with Gasteiger partial charge in [0, 0.05) is 4.47 Å². The Labute approximate surface area is 145 Å². The molecule has 0 bridgehead atoms. The van der Waals surface area contributed by atoms with Gasteiger partial charge in [-0.05, 0) is 48.0 Å². The summed E-state index contributed by atoms with van der Waals surface area (Å²) in [5, 5.41) is 9.35. The summed E-state index contributed by atoms with van der Waals surface area (Å²) in [6.45, 7) is 0. The van der Waals surface area contributed by atoms with E-state index < -0.39 is 0 Å². The Hall–Kier alpha value is -1.63. The molecule has 110 valence electrons. The number of benzene rings is 2. The largest absolute Gasteiger partial charge is 0.508 e. The molecule has 1 saturated heterocycles. The maximum Gasteiger partial charge on any atom is 0.270 e. The average molecular weight is 392 g/mol. The van der Waals surface area contributed by atoms with Crippen LogP contribution in [0.4, 0.5) is 5.69 Å². The molecular formula is C16H10BrNO2S2. The Morgan fingerprint density at radius 2 is 1.91 bits per heavy atom. The maximum absolute atomic E-state index is 12.6. The molecule has 0 spiro atoms. The molecule has 0 saturated carbocycles. The number of thiocarbonyl (C=S) groups is 1. The molecule has 2 aromatic rings. The minimum Gasteiger partial charge on any atom is -0.508 e. The minimum atomic E-state index is -0.152. The molecule has 22 heavy (non-hydrogen) atoms. The van der Waals surface area contributed by atoms with E-state index in [4.69, 9.17) is 12.2 Å². The number of amides is 1. The molecule has 3 nitrogen and oxygen atoms in total. The third-order valence-electron chi connectivity index (χ3n) is 3.05. The van der Waals surface area contributed by atoms with Gasteiger partial charge in [-0.1, -0.05) is 52.0 Å². The topological polar surface area (TPSA) is 40.5 Å². The molecule has 1 fully saturated rings. The Morgan fingerprint density at radius 1 is 1.18 bits per heavy atom. The second kappa shape index (κ2) is 6.24. The molecule has 2 aromatic carbocycles. The molecule has 3 rings (SSSR count). The highest BCUT2D eigenvalue weighted by Gasteiger charge is 2.33. The zero-order valence-electron chi connectivity index (χ0n) is 11.2. The minimum absolute atomic E-state index is 0.152. The first-order valence-corrected chi connectivity index (χ1v) is 8.39. The Balaban J connectivity index is 1.93. The van der Waals surface area contributed by atoms with Gasteiger partial charge in [0.1, 0.15) is 5.75 Å². The lowest BCUT2D eigenvalue weighted by Gasteiger charge is -2.14. The molecule has 1 N–H and O–H groups in total. The molecule has 0 aliphatic carbocycles. The van der Waals surface area contributed by atoms with Crippen molar-refractivity contribution in [3.8, 4) is 5.75 Å². The summed E-state index contributed by atoms with van der Waals surface area (Å²) < 4.78 is 1.44. The number of aromatic hydroxyl groups is 1. The summed E-state index contributed by atoms with van der Waals surface area (Å²) in [6.07, 6.45) is 1.82. The standard InChI is InChI=1S/C16H10BrNO2S2/c17-11-3-1-2-10(8-11)9-14-15(20)18(16(21)22-14)12-4-6-13(19)7-5-12/h1-9,19H/b14-9-. The van der Waals surface area contributed by atoms with Crippen molar-refractivity contribution in [1.29, 1.82) is 0 Å². The summed E-state index contributed by atoms with van der Waals surface area (Å²) >= 11 is 9.99. The molecule has 6 heteroatoms. The number of anilines is 1. The lowest BCUT2D eigenvalue weighted by Crippen LogP contribution is -2.27. The van der Waals surface area contributed by atoms with Gasteiger partial charge in [0.25, 0.3) is 5.91 Å². The monoisotopic (exact) mass is 391 g/mol. The summed E-state index contributed by atoms with van der Waals surface area (Å²) in [5.41, 5.74) is 1.58. The van der Waals surface area contributed by atoms with Crippen LogP contribution in [0.2, 0.25) is 0 Å². The smallest absolute Gasteiger partial charge is 0.270 e. The quantitative estimate of drug-likeness (QED) is 0.601. The highest BCUT2D eigenvalue weighted by molar-refractivity contribution is 9.10. The highest BCUT2D eigenvalue weighted by atomic mass is 79.9. The van der Waals surface area contributed by atoms with Crippen molar-refractivity contribution < 1.29 is 9.90 Å². The van der Waals surface area contributed by atoms with E-state index in [1.807, 2.05) is 30.3 Å². The summed E-state index contributed by atoms with van der Waals surface area (Å²) in [6, 6.07) is 14.1. The molecule has 1 aliphatic heterocycles. The molecule has 0 atom stereocenters. The van der Waals surface area contributed by atoms with Gasteiger partial charge in [-0.2, -0.15) is 0 Å². The van der Waals surface area contributed by atoms with Gasteiger partial charge in [-0.3, -0.25) is 9.69 Å². The number of phenols is 1. The lowest BCUT2D eigenvalue weighted by molar-refractivity contribution is -0.113. The van der Waals surface area contributed by atoms with Gasteiger partial charge >= 0.3 is 0 Å². The van der Waals surface area contributed by atoms with Crippen LogP contribution < -0.4 is 4.90 Å². The van der Waals surface area contributed by atoms with Crippen LogP contribution >= 0.6 is 39.9 Å². The van der Waals surface area contributed by atoms with Crippen LogP contribution in [0, 0.1) is 0 Å². The van der Waals surface area contributed by atoms with Crippen molar-refractivity contribution in [3.05, 3.63) is 63.5 Å². The fourth-order valence-corrected chi connectivity index (χ4v) is 3.76. The number of nitrogens with zero attached hydrogens (tertiary/aromatic N) is 1. The van der Waals surface area contributed by atoms with Gasteiger partial charge in [0.05, 0.1) is 10.6 Å². The SMILES string of the molecule is O=C1/C(=C/c2cccc(Br)c2)SC(=S)N1c1ccc(O)cc1. The zero-order chi connectivity index (χ0) is 15.7. The third-order valence-corrected chi connectivity index (χ3v) is 4.84. The molecule has 1 amide bonds. The van der Waals surface area contributed by atoms with Crippen molar-refractivity contribution in [2.75, 3.05) is 4.90 Å². The highest BCUT2D eigenvalue weighted by Crippen LogP contribution is 2.36. The van der Waals surface area contributed by atoms with E-state index in [1.165, 1.54) is 28.8 Å². The number of thioether (sulfide) groups is 1. The fraction of sp³-hybridized carbons (Fsp3) is 0. The fourth-order valence-electron chi connectivity index (χ4n) is 2.04. The lowest BCUT2D eigenvalue weighted by atomic mass is 10.2. The Morgan fingerprint density at radius 3 is 2.59 bits per heavy atom. The van der Waals surface area contributed by atoms with Crippen molar-refractivity contribution in [2.24, 2.45) is 0 Å². The van der Waals surface area contributed by atoms with Gasteiger partial charge in [0.2, 0.25) is 0 Å². The van der Waals surface area contributed by atoms with Crippen LogP contribution in [0.5, 0.6) is 5.75 Å². The van der Waals surface area contributed by atoms with Crippen molar-refractivity contribution >= 4 is 61.9 Å². The van der Waals surface area contributed by atoms with E-state index in [2.05, 4.69) is 15.9 Å². The van der Waals surface area contributed by atoms with Gasteiger partial charge in [-0.15, -0.1) is 0 Å². The van der Waals surface area contributed by atoms with Gasteiger partial charge in [0.15, 0.2) is 4.32 Å². The summed E-state index contributed by atoms with van der Waals surface area (Å²) in [7, 11) is 0. The van der Waals surface area contributed by atoms with Crippen molar-refractivity contribution in [3.63, 3.8) is 0 Å². The Bertz CT molecular complexity index is 787. The van der Waals surface area contributed by atoms with Crippen LogP contribution in [0.15, 0.2) is 57.9 Å². The van der Waals surface area contributed by atoms with Gasteiger partial charge in [-0.25, -0.2) is 0 Å². The normalized spacial score (nSPS) is 16.6. The number of halogens is 1. The van der Waals surface area contributed by atoms with Gasteiger partial charge < -0.3 is 5.11 Å². The summed E-state index contributed by atoms with van der Waals surface area (Å²) in [4.78, 5) is 14.6. The average Bonchev–Trinajstić information content (AvgIpc) is 2.75. The van der Waals surface area contributed by atoms with Crippen molar-refractivity contribution in [1.82, 2.24) is 0 Å². The summed E-state index contributed by atoms with van der Waals surface area (Å²) in [5.74, 6) is -0.000432. The van der Waals surface area contributed by atoms with E-state index >= 15 is 0 Å². The second-order valence-electron chi connectivity index (χ2n) is 4.59. The molecule has 1 heterocycles. The second-order valence-corrected chi connectivity index (χ2v) is 7.18. The first kappa shape index (κ1) is 15.3. The predicted octanol–water partition coefficient (Wildman–Crippen LogP) is 4.56. The van der Waals surface area contributed by atoms with Crippen LogP contribution in [-0.4, -0.2) is 15.3 Å². The first-order chi connectivity index (χ1) is 10.5. The van der Waals surface area contributed by atoms with E-state index in [1.54, 1.807) is 12.1 Å². The zero-order valence-corrected chi connectivity index (χ0v) is 14.4. The van der Waals surface area contributed by atoms with E-state index in [0.717, 1.165) is 10.0 Å². The molecule has 0 unspecified atom stereocenters. The van der Waals surface area contributed by atoms with E-state index in [9.17, 15) is 9.90 Å². The predicted molar refractivity (Wildman–Crippen MR) is 97.9 cm³/mol. The number of phenolic OH excluding ortho intramolecular Hbond substituents is 1. The first-order valence-electron chi connectivity index (χ1n) is 6.37. The van der Waals surface area contributed by atoms with E-state index in [0.29, 0.717) is 14.9 Å². The van der Waals surface area contributed by atoms with Crippen molar-refractivity contribution in [2.45, 2.75) is 0 Å². The molecular weight excluding hydrogens is 382 g/mol. The molecule has 0 aromatic heterocycles. The number of carbonyl (C=O) groups excluding carboxylic acids is 1. The van der Waals surface area contributed by atoms with Crippen LogP contribution in [-0.2, 0) is 4.79 Å². The number of hydrogen-bond donors (Lipinski definition) is 1. The number of rotatable bonds is 2. The van der Waals surface area contributed by atoms with E-state index in [-0.39, 0.29) is 11.7 Å². The van der Waals surface area contributed by atoms with Crippen LogP contribution in [0.25, 0.3) is 6.08 Å². The number of carbonyl (C=O) groups is 1. The van der Waals surface area contributed by atoms with Crippen LogP contribution in [0.1, 0.15) is 5.56 Å². The Kier molecular flexibility index (Phi) is 4.33.